The number of amides is 1. The number of aliphatic hydroxyl groups is 1. The van der Waals surface area contributed by atoms with Gasteiger partial charge in [0.05, 0.1) is 11.2 Å². The molecule has 0 aliphatic heterocycles. The number of carbonyl (C=O) groups excluding carboxylic acids is 1. The first-order valence-corrected chi connectivity index (χ1v) is 6.74. The molecule has 3 N–H and O–H groups in total. The number of furan rings is 1. The average Bonchev–Trinajstić information content (AvgIpc) is 2.86. The zero-order valence-corrected chi connectivity index (χ0v) is 11.8. The summed E-state index contributed by atoms with van der Waals surface area (Å²) < 4.78 is 4.90. The number of hydrogen-bond donors (Lipinski definition) is 3. The van der Waals surface area contributed by atoms with Gasteiger partial charge in [-0.15, -0.1) is 0 Å². The predicted molar refractivity (Wildman–Crippen MR) is 72.8 cm³/mol. The number of rotatable bonds is 8. The Balaban J connectivity index is 2.62. The molecule has 1 rings (SSSR count). The highest BCUT2D eigenvalue weighted by molar-refractivity contribution is 5.95. The van der Waals surface area contributed by atoms with Gasteiger partial charge in [-0.2, -0.15) is 0 Å². The maximum atomic E-state index is 11.8. The van der Waals surface area contributed by atoms with Gasteiger partial charge in [-0.25, -0.2) is 4.79 Å². The van der Waals surface area contributed by atoms with E-state index in [1.165, 1.54) is 0 Å². The average molecular weight is 283 g/mol. The third kappa shape index (κ3) is 4.38. The fraction of sp³-hybridized carbons (Fsp3) is 0.571. The lowest BCUT2D eigenvalue weighted by Gasteiger charge is -2.27. The van der Waals surface area contributed by atoms with E-state index in [9.17, 15) is 14.7 Å². The Labute approximate surface area is 117 Å². The van der Waals surface area contributed by atoms with Crippen molar-refractivity contribution in [3.63, 3.8) is 0 Å². The van der Waals surface area contributed by atoms with Gasteiger partial charge in [-0.3, -0.25) is 4.79 Å². The topological polar surface area (TPSA) is 99.8 Å². The van der Waals surface area contributed by atoms with E-state index in [0.29, 0.717) is 12.8 Å². The fourth-order valence-electron chi connectivity index (χ4n) is 2.13. The Hall–Kier alpha value is -1.82. The van der Waals surface area contributed by atoms with Crippen LogP contribution >= 0.6 is 0 Å². The van der Waals surface area contributed by atoms with Crippen LogP contribution in [0.15, 0.2) is 16.7 Å². The summed E-state index contributed by atoms with van der Waals surface area (Å²) in [5.74, 6) is -1.75. The predicted octanol–water partition coefficient (Wildman–Crippen LogP) is 2.04. The minimum atomic E-state index is -1.15. The van der Waals surface area contributed by atoms with E-state index in [-0.39, 0.29) is 17.9 Å². The molecule has 6 nitrogen and oxygen atoms in total. The summed E-state index contributed by atoms with van der Waals surface area (Å²) in [6.07, 6.45) is 3.84. The molecule has 6 heteroatoms. The summed E-state index contributed by atoms with van der Waals surface area (Å²) in [7, 11) is 0. The number of carbonyl (C=O) groups is 2. The number of carboxylic acid groups (broad SMARTS) is 1. The molecule has 0 saturated carbocycles. The van der Waals surface area contributed by atoms with E-state index in [1.807, 2.05) is 13.8 Å². The molecule has 1 aromatic heterocycles. The molecule has 0 aliphatic rings. The molecule has 1 aromatic rings. The third-order valence-electron chi connectivity index (χ3n) is 3.08. The summed E-state index contributed by atoms with van der Waals surface area (Å²) in [5.41, 5.74) is -1.01. The highest BCUT2D eigenvalue weighted by Gasteiger charge is 2.26. The van der Waals surface area contributed by atoms with Crippen LogP contribution < -0.4 is 5.32 Å². The highest BCUT2D eigenvalue weighted by atomic mass is 16.4. The molecular formula is C14H21NO5. The monoisotopic (exact) mass is 283 g/mol. The molecule has 0 spiro atoms. The SMILES string of the molecule is CCCC(O)(CCC)CNC(=O)c1cc(C(=O)O)co1. The van der Waals surface area contributed by atoms with Gasteiger partial charge in [0.2, 0.25) is 0 Å². The molecule has 20 heavy (non-hydrogen) atoms. The van der Waals surface area contributed by atoms with Gasteiger partial charge in [0.25, 0.3) is 5.91 Å². The van der Waals surface area contributed by atoms with Crippen molar-refractivity contribution in [2.45, 2.75) is 45.1 Å². The van der Waals surface area contributed by atoms with Gasteiger partial charge in [0.15, 0.2) is 5.76 Å². The van der Waals surface area contributed by atoms with Crippen LogP contribution in [-0.2, 0) is 0 Å². The van der Waals surface area contributed by atoms with Gasteiger partial charge >= 0.3 is 5.97 Å². The zero-order valence-electron chi connectivity index (χ0n) is 11.8. The van der Waals surface area contributed by atoms with E-state index in [2.05, 4.69) is 5.32 Å². The van der Waals surface area contributed by atoms with Crippen LogP contribution in [0, 0.1) is 0 Å². The second-order valence-electron chi connectivity index (χ2n) is 4.91. The van der Waals surface area contributed by atoms with Gasteiger partial charge in [-0.05, 0) is 12.8 Å². The Morgan fingerprint density at radius 1 is 1.30 bits per heavy atom. The lowest BCUT2D eigenvalue weighted by Crippen LogP contribution is -2.42. The molecule has 0 fully saturated rings. The molecule has 0 unspecified atom stereocenters. The van der Waals surface area contributed by atoms with Crippen molar-refractivity contribution >= 4 is 11.9 Å². The summed E-state index contributed by atoms with van der Waals surface area (Å²) in [6, 6.07) is 1.16. The van der Waals surface area contributed by atoms with E-state index in [1.54, 1.807) is 0 Å². The van der Waals surface area contributed by atoms with Crippen molar-refractivity contribution in [2.75, 3.05) is 6.54 Å². The number of carboxylic acids is 1. The minimum Gasteiger partial charge on any atom is -0.478 e. The van der Waals surface area contributed by atoms with Crippen molar-refractivity contribution in [2.24, 2.45) is 0 Å². The number of aromatic carboxylic acids is 1. The summed E-state index contributed by atoms with van der Waals surface area (Å²) in [5, 5.41) is 21.7. The normalized spacial score (nSPS) is 11.3. The maximum Gasteiger partial charge on any atom is 0.338 e. The highest BCUT2D eigenvalue weighted by Crippen LogP contribution is 2.18. The molecule has 1 heterocycles. The van der Waals surface area contributed by atoms with Crippen LogP contribution in [0.4, 0.5) is 0 Å². The van der Waals surface area contributed by atoms with Crippen LogP contribution in [0.2, 0.25) is 0 Å². The summed E-state index contributed by atoms with van der Waals surface area (Å²) in [6.45, 7) is 4.05. The van der Waals surface area contributed by atoms with Gasteiger partial charge in [-0.1, -0.05) is 26.7 Å². The largest absolute Gasteiger partial charge is 0.478 e. The first-order chi connectivity index (χ1) is 9.41. The van der Waals surface area contributed by atoms with Gasteiger partial charge < -0.3 is 19.9 Å². The summed E-state index contributed by atoms with van der Waals surface area (Å²) in [4.78, 5) is 22.5. The molecule has 1 amide bonds. The van der Waals surface area contributed by atoms with Crippen LogP contribution in [0.1, 0.15) is 60.4 Å². The fourth-order valence-corrected chi connectivity index (χ4v) is 2.13. The molecule has 112 valence electrons. The first-order valence-electron chi connectivity index (χ1n) is 6.74. The molecule has 0 atom stereocenters. The van der Waals surface area contributed by atoms with Gasteiger partial charge in [0, 0.05) is 12.6 Å². The lowest BCUT2D eigenvalue weighted by atomic mass is 9.92. The Bertz CT molecular complexity index is 460. The molecule has 0 aliphatic carbocycles. The maximum absolute atomic E-state index is 11.8. The van der Waals surface area contributed by atoms with E-state index in [4.69, 9.17) is 9.52 Å². The van der Waals surface area contributed by atoms with Crippen molar-refractivity contribution in [3.05, 3.63) is 23.7 Å². The number of nitrogens with one attached hydrogen (secondary N) is 1. The molecular weight excluding hydrogens is 262 g/mol. The molecule has 0 radical (unpaired) electrons. The molecule has 0 aromatic carbocycles. The van der Waals surface area contributed by atoms with E-state index < -0.39 is 17.5 Å². The van der Waals surface area contributed by atoms with Crippen molar-refractivity contribution in [1.82, 2.24) is 5.32 Å². The Morgan fingerprint density at radius 2 is 1.90 bits per heavy atom. The Kier molecular flexibility index (Phi) is 5.76. The van der Waals surface area contributed by atoms with Crippen LogP contribution in [0.3, 0.4) is 0 Å². The Morgan fingerprint density at radius 3 is 2.35 bits per heavy atom. The second kappa shape index (κ2) is 7.09. The standard InChI is InChI=1S/C14H21NO5/c1-3-5-14(19,6-4-2)9-15-12(16)11-7-10(8-20-11)13(17)18/h7-8,19H,3-6,9H2,1-2H3,(H,15,16)(H,17,18). The number of hydrogen-bond acceptors (Lipinski definition) is 4. The molecule has 0 saturated heterocycles. The van der Waals surface area contributed by atoms with Crippen LogP contribution in [0.5, 0.6) is 0 Å². The smallest absolute Gasteiger partial charge is 0.338 e. The first kappa shape index (κ1) is 16.2. The van der Waals surface area contributed by atoms with Crippen LogP contribution in [-0.4, -0.2) is 34.2 Å². The third-order valence-corrected chi connectivity index (χ3v) is 3.08. The van der Waals surface area contributed by atoms with Crippen molar-refractivity contribution < 1.29 is 24.2 Å². The van der Waals surface area contributed by atoms with Gasteiger partial charge in [0.1, 0.15) is 6.26 Å². The summed E-state index contributed by atoms with van der Waals surface area (Å²) >= 11 is 0. The lowest BCUT2D eigenvalue weighted by molar-refractivity contribution is 0.0210. The van der Waals surface area contributed by atoms with E-state index >= 15 is 0 Å². The van der Waals surface area contributed by atoms with Crippen molar-refractivity contribution in [3.8, 4) is 0 Å². The van der Waals surface area contributed by atoms with E-state index in [0.717, 1.165) is 25.2 Å². The minimum absolute atomic E-state index is 0.0715. The van der Waals surface area contributed by atoms with Crippen LogP contribution in [0.25, 0.3) is 0 Å². The molecule has 0 bridgehead atoms. The zero-order chi connectivity index (χ0) is 15.2. The van der Waals surface area contributed by atoms with Crippen molar-refractivity contribution in [1.29, 1.82) is 0 Å². The second-order valence-corrected chi connectivity index (χ2v) is 4.91. The quantitative estimate of drug-likeness (QED) is 0.678.